The molecule has 1 aromatic rings. The van der Waals surface area contributed by atoms with Crippen LogP contribution in [0.4, 0.5) is 0 Å². The molecule has 5 unspecified atom stereocenters. The Labute approximate surface area is 147 Å². The van der Waals surface area contributed by atoms with Gasteiger partial charge in [0.1, 0.15) is 0 Å². The third kappa shape index (κ3) is 3.94. The number of benzene rings is 1. The summed E-state index contributed by atoms with van der Waals surface area (Å²) >= 11 is 0. The maximum absolute atomic E-state index is 12.6. The molecule has 2 fully saturated rings. The van der Waals surface area contributed by atoms with Gasteiger partial charge in [-0.15, -0.1) is 0 Å². The van der Waals surface area contributed by atoms with Gasteiger partial charge in [-0.3, -0.25) is 4.79 Å². The fraction of sp³-hybridized carbons (Fsp3) is 0.500. The topological polar surface area (TPSA) is 96.0 Å². The second-order valence-electron chi connectivity index (χ2n) is 6.58. The molecule has 5 atom stereocenters. The van der Waals surface area contributed by atoms with Crippen molar-refractivity contribution in [2.24, 2.45) is 11.8 Å². The number of allylic oxidation sites excluding steroid dienone is 2. The minimum absolute atomic E-state index is 0.0305. The lowest BCUT2D eigenvalue weighted by molar-refractivity contribution is -0.144. The summed E-state index contributed by atoms with van der Waals surface area (Å²) in [6.07, 6.45) is 5.28. The molecule has 1 saturated heterocycles. The van der Waals surface area contributed by atoms with Crippen molar-refractivity contribution in [1.82, 2.24) is 4.72 Å². The number of carbonyl (C=O) groups is 1. The maximum atomic E-state index is 12.6. The third-order valence-corrected chi connectivity index (χ3v) is 6.48. The first-order chi connectivity index (χ1) is 11.9. The Morgan fingerprint density at radius 3 is 2.76 bits per heavy atom. The first kappa shape index (κ1) is 18.1. The van der Waals surface area contributed by atoms with Crippen LogP contribution in [0.3, 0.4) is 0 Å². The van der Waals surface area contributed by atoms with Crippen molar-refractivity contribution in [3.05, 3.63) is 42.5 Å². The highest BCUT2D eigenvalue weighted by Gasteiger charge is 2.59. The van der Waals surface area contributed by atoms with E-state index in [1.54, 1.807) is 18.2 Å². The van der Waals surface area contributed by atoms with E-state index >= 15 is 0 Å². The minimum atomic E-state index is -3.68. The maximum Gasteiger partial charge on any atom is 0.306 e. The van der Waals surface area contributed by atoms with Crippen LogP contribution >= 0.6 is 0 Å². The summed E-state index contributed by atoms with van der Waals surface area (Å²) in [6, 6.07) is 7.73. The van der Waals surface area contributed by atoms with Crippen molar-refractivity contribution >= 4 is 16.0 Å². The zero-order valence-electron chi connectivity index (χ0n) is 14.0. The van der Waals surface area contributed by atoms with Crippen molar-refractivity contribution in [1.29, 1.82) is 0 Å². The van der Waals surface area contributed by atoms with Gasteiger partial charge in [0, 0.05) is 12.0 Å². The Hall–Kier alpha value is -1.70. The number of ether oxygens (including phenoxy) is 1. The molecule has 0 radical (unpaired) electrons. The van der Waals surface area contributed by atoms with Gasteiger partial charge in [-0.05, 0) is 38.3 Å². The molecule has 2 aliphatic rings. The van der Waals surface area contributed by atoms with Crippen molar-refractivity contribution in [2.45, 2.75) is 49.3 Å². The average Bonchev–Trinajstić information content (AvgIpc) is 3.25. The molecule has 2 N–H and O–H groups in total. The monoisotopic (exact) mass is 365 g/mol. The van der Waals surface area contributed by atoms with Crippen LogP contribution in [0.1, 0.15) is 26.2 Å². The molecule has 1 heterocycles. The SMILES string of the molecule is C/C=C\CCC(C(=O)O)C1C(NS(=O)(=O)c2ccccc2)CC2OC21. The van der Waals surface area contributed by atoms with E-state index in [-0.39, 0.29) is 23.0 Å². The smallest absolute Gasteiger partial charge is 0.306 e. The third-order valence-electron chi connectivity index (χ3n) is 4.97. The summed E-state index contributed by atoms with van der Waals surface area (Å²) in [7, 11) is -3.68. The quantitative estimate of drug-likeness (QED) is 0.544. The number of fused-ring (bicyclic) bond motifs is 1. The number of carboxylic acids is 1. The van der Waals surface area contributed by atoms with Gasteiger partial charge < -0.3 is 9.84 Å². The predicted molar refractivity (Wildman–Crippen MR) is 92.5 cm³/mol. The molecular weight excluding hydrogens is 342 g/mol. The van der Waals surface area contributed by atoms with Crippen LogP contribution in [0.5, 0.6) is 0 Å². The number of nitrogens with one attached hydrogen (secondary N) is 1. The lowest BCUT2D eigenvalue weighted by Gasteiger charge is -2.27. The number of epoxide rings is 1. The highest BCUT2D eigenvalue weighted by atomic mass is 32.2. The number of aliphatic carboxylic acids is 1. The van der Waals surface area contributed by atoms with Gasteiger partial charge >= 0.3 is 5.97 Å². The summed E-state index contributed by atoms with van der Waals surface area (Å²) in [5.74, 6) is -1.86. The zero-order chi connectivity index (χ0) is 18.0. The van der Waals surface area contributed by atoms with Gasteiger partial charge in [0.05, 0.1) is 23.0 Å². The van der Waals surface area contributed by atoms with Gasteiger partial charge in [0.25, 0.3) is 0 Å². The molecule has 25 heavy (non-hydrogen) atoms. The molecule has 1 aliphatic carbocycles. The van der Waals surface area contributed by atoms with Crippen molar-refractivity contribution in [2.75, 3.05) is 0 Å². The predicted octanol–water partition coefficient (Wildman–Crippen LogP) is 2.18. The second-order valence-corrected chi connectivity index (χ2v) is 8.30. The molecule has 0 amide bonds. The average molecular weight is 365 g/mol. The number of rotatable bonds is 8. The Bertz CT molecular complexity index is 746. The van der Waals surface area contributed by atoms with Gasteiger partial charge in [-0.1, -0.05) is 30.4 Å². The van der Waals surface area contributed by atoms with E-state index in [2.05, 4.69) is 4.72 Å². The standard InChI is InChI=1S/C18H23NO5S/c1-2-3-5-10-13(18(20)21)16-14(11-15-17(16)24-15)19-25(22,23)12-8-6-4-7-9-12/h2-4,6-9,13-17,19H,5,10-11H2,1H3,(H,20,21)/b3-2-. The first-order valence-corrected chi connectivity index (χ1v) is 9.99. The van der Waals surface area contributed by atoms with E-state index in [0.717, 1.165) is 0 Å². The summed E-state index contributed by atoms with van der Waals surface area (Å²) in [6.45, 7) is 1.89. The minimum Gasteiger partial charge on any atom is -0.481 e. The van der Waals surface area contributed by atoms with E-state index in [4.69, 9.17) is 4.74 Å². The molecular formula is C18H23NO5S. The van der Waals surface area contributed by atoms with E-state index < -0.39 is 28.0 Å². The molecule has 0 aromatic heterocycles. The van der Waals surface area contributed by atoms with Crippen LogP contribution in [0.25, 0.3) is 0 Å². The van der Waals surface area contributed by atoms with Crippen molar-refractivity contribution in [3.63, 3.8) is 0 Å². The molecule has 0 bridgehead atoms. The fourth-order valence-corrected chi connectivity index (χ4v) is 5.05. The van der Waals surface area contributed by atoms with Gasteiger partial charge in [0.2, 0.25) is 10.0 Å². The molecule has 7 heteroatoms. The summed E-state index contributed by atoms with van der Waals surface area (Å²) in [4.78, 5) is 12.0. The Morgan fingerprint density at radius 2 is 2.12 bits per heavy atom. The molecule has 0 spiro atoms. The Balaban J connectivity index is 1.77. The molecule has 3 rings (SSSR count). The van der Waals surface area contributed by atoms with Crippen molar-refractivity contribution in [3.8, 4) is 0 Å². The van der Waals surface area contributed by atoms with Crippen LogP contribution in [0.15, 0.2) is 47.4 Å². The van der Waals surface area contributed by atoms with Crippen LogP contribution in [0.2, 0.25) is 0 Å². The highest BCUT2D eigenvalue weighted by molar-refractivity contribution is 7.89. The van der Waals surface area contributed by atoms with Crippen molar-refractivity contribution < 1.29 is 23.1 Å². The second kappa shape index (κ2) is 7.27. The van der Waals surface area contributed by atoms with E-state index in [9.17, 15) is 18.3 Å². The van der Waals surface area contributed by atoms with Crippen LogP contribution in [0, 0.1) is 11.8 Å². The van der Waals surface area contributed by atoms with E-state index in [1.807, 2.05) is 19.1 Å². The normalized spacial score (nSPS) is 29.5. The first-order valence-electron chi connectivity index (χ1n) is 8.51. The number of sulfonamides is 1. The van der Waals surface area contributed by atoms with E-state index in [1.165, 1.54) is 12.1 Å². The van der Waals surface area contributed by atoms with Gasteiger partial charge in [-0.2, -0.15) is 0 Å². The highest BCUT2D eigenvalue weighted by Crippen LogP contribution is 2.48. The van der Waals surface area contributed by atoms with Crippen LogP contribution in [-0.2, 0) is 19.6 Å². The molecule has 1 saturated carbocycles. The largest absolute Gasteiger partial charge is 0.481 e. The number of hydrogen-bond donors (Lipinski definition) is 2. The molecule has 136 valence electrons. The lowest BCUT2D eigenvalue weighted by Crippen LogP contribution is -2.44. The van der Waals surface area contributed by atoms with Gasteiger partial charge in [0.15, 0.2) is 0 Å². The van der Waals surface area contributed by atoms with E-state index in [0.29, 0.717) is 19.3 Å². The molecule has 1 aliphatic heterocycles. The summed E-state index contributed by atoms with van der Waals surface area (Å²) in [5, 5.41) is 9.65. The Morgan fingerprint density at radius 1 is 1.40 bits per heavy atom. The number of carboxylic acid groups (broad SMARTS) is 1. The van der Waals surface area contributed by atoms with Crippen LogP contribution in [-0.4, -0.2) is 37.7 Å². The summed E-state index contributed by atoms with van der Waals surface area (Å²) < 4.78 is 33.5. The lowest BCUT2D eigenvalue weighted by atomic mass is 9.84. The zero-order valence-corrected chi connectivity index (χ0v) is 14.9. The Kier molecular flexibility index (Phi) is 5.27. The fourth-order valence-electron chi connectivity index (χ4n) is 3.75. The van der Waals surface area contributed by atoms with Crippen LogP contribution < -0.4 is 4.72 Å². The van der Waals surface area contributed by atoms with Gasteiger partial charge in [-0.25, -0.2) is 13.1 Å². The molecule has 1 aromatic carbocycles. The summed E-state index contributed by atoms with van der Waals surface area (Å²) in [5.41, 5.74) is 0. The molecule has 6 nitrogen and oxygen atoms in total. The number of hydrogen-bond acceptors (Lipinski definition) is 4.